The van der Waals surface area contributed by atoms with Crippen LogP contribution in [-0.4, -0.2) is 42.6 Å². The molecule has 1 aliphatic rings. The van der Waals surface area contributed by atoms with E-state index in [9.17, 15) is 4.79 Å². The van der Waals surface area contributed by atoms with Crippen LogP contribution in [-0.2, 0) is 0 Å². The highest BCUT2D eigenvalue weighted by molar-refractivity contribution is 7.99. The van der Waals surface area contributed by atoms with Crippen molar-refractivity contribution in [3.05, 3.63) is 22.2 Å². The molecule has 104 valence electrons. The second-order valence-electron chi connectivity index (χ2n) is 4.00. The van der Waals surface area contributed by atoms with Crippen LogP contribution < -0.4 is 10.1 Å². The van der Waals surface area contributed by atoms with E-state index in [2.05, 4.69) is 5.32 Å². The molecule has 7 heteroatoms. The van der Waals surface area contributed by atoms with E-state index in [0.717, 1.165) is 24.6 Å². The van der Waals surface area contributed by atoms with Crippen molar-refractivity contribution in [3.8, 4) is 5.75 Å². The van der Waals surface area contributed by atoms with Gasteiger partial charge in [0.05, 0.1) is 17.2 Å². The van der Waals surface area contributed by atoms with E-state index in [0.29, 0.717) is 21.5 Å². The highest BCUT2D eigenvalue weighted by atomic mass is 35.5. The van der Waals surface area contributed by atoms with E-state index >= 15 is 0 Å². The summed E-state index contributed by atoms with van der Waals surface area (Å²) in [6.07, 6.45) is 0. The Morgan fingerprint density at radius 3 is 2.42 bits per heavy atom. The van der Waals surface area contributed by atoms with Gasteiger partial charge in [0, 0.05) is 30.3 Å². The summed E-state index contributed by atoms with van der Waals surface area (Å²) < 4.78 is 5.06. The van der Waals surface area contributed by atoms with E-state index in [4.69, 9.17) is 27.9 Å². The van der Waals surface area contributed by atoms with Crippen molar-refractivity contribution in [1.29, 1.82) is 0 Å². The number of anilines is 1. The van der Waals surface area contributed by atoms with E-state index in [1.165, 1.54) is 7.11 Å². The van der Waals surface area contributed by atoms with Crippen LogP contribution >= 0.6 is 35.0 Å². The molecule has 0 unspecified atom stereocenters. The molecule has 1 N–H and O–H groups in total. The smallest absolute Gasteiger partial charge is 0.321 e. The number of benzene rings is 1. The number of thioether (sulfide) groups is 1. The molecule has 1 heterocycles. The van der Waals surface area contributed by atoms with Crippen LogP contribution in [0.4, 0.5) is 10.5 Å². The molecule has 0 spiro atoms. The molecule has 1 aromatic rings. The first-order valence-corrected chi connectivity index (χ1v) is 7.69. The summed E-state index contributed by atoms with van der Waals surface area (Å²) in [5.41, 5.74) is 0.569. The number of nitrogens with zero attached hydrogens (tertiary/aromatic N) is 1. The third-order valence-electron chi connectivity index (χ3n) is 2.75. The summed E-state index contributed by atoms with van der Waals surface area (Å²) in [6, 6.07) is 3.13. The monoisotopic (exact) mass is 320 g/mol. The number of hydrogen-bond acceptors (Lipinski definition) is 3. The van der Waals surface area contributed by atoms with Gasteiger partial charge in [0.25, 0.3) is 0 Å². The Bertz CT molecular complexity index is 456. The fourth-order valence-corrected chi connectivity index (χ4v) is 3.34. The van der Waals surface area contributed by atoms with Crippen LogP contribution in [0.15, 0.2) is 12.1 Å². The number of carbonyl (C=O) groups is 1. The molecule has 4 nitrogen and oxygen atoms in total. The van der Waals surface area contributed by atoms with Gasteiger partial charge in [-0.3, -0.25) is 0 Å². The summed E-state index contributed by atoms with van der Waals surface area (Å²) >= 11 is 13.9. The lowest BCUT2D eigenvalue weighted by Crippen LogP contribution is -2.40. The molecule has 19 heavy (non-hydrogen) atoms. The molecule has 0 aromatic heterocycles. The highest BCUT2D eigenvalue weighted by Gasteiger charge is 2.17. The average Bonchev–Trinajstić information content (AvgIpc) is 2.39. The zero-order valence-corrected chi connectivity index (χ0v) is 12.7. The molecule has 0 bridgehead atoms. The fraction of sp³-hybridized carbons (Fsp3) is 0.417. The Hall–Kier alpha value is -0.780. The van der Waals surface area contributed by atoms with Gasteiger partial charge >= 0.3 is 6.03 Å². The minimum Gasteiger partial charge on any atom is -0.494 e. The number of nitrogens with one attached hydrogen (secondary N) is 1. The Morgan fingerprint density at radius 2 is 1.89 bits per heavy atom. The van der Waals surface area contributed by atoms with Crippen LogP contribution in [0.25, 0.3) is 0 Å². The van der Waals surface area contributed by atoms with Crippen molar-refractivity contribution in [2.75, 3.05) is 37.0 Å². The van der Waals surface area contributed by atoms with Gasteiger partial charge in [-0.25, -0.2) is 4.79 Å². The lowest BCUT2D eigenvalue weighted by atomic mass is 10.3. The van der Waals surface area contributed by atoms with Gasteiger partial charge in [0.2, 0.25) is 0 Å². The van der Waals surface area contributed by atoms with Crippen molar-refractivity contribution in [2.24, 2.45) is 0 Å². The second-order valence-corrected chi connectivity index (χ2v) is 6.04. The molecule has 0 radical (unpaired) electrons. The summed E-state index contributed by atoms with van der Waals surface area (Å²) in [6.45, 7) is 1.52. The Kier molecular flexibility index (Phi) is 5.07. The fourth-order valence-electron chi connectivity index (χ4n) is 1.80. The predicted molar refractivity (Wildman–Crippen MR) is 80.9 cm³/mol. The average molecular weight is 321 g/mol. The highest BCUT2D eigenvalue weighted by Crippen LogP contribution is 2.35. The van der Waals surface area contributed by atoms with Gasteiger partial charge < -0.3 is 15.0 Å². The number of ether oxygens (including phenoxy) is 1. The molecule has 1 saturated heterocycles. The number of halogens is 2. The minimum absolute atomic E-state index is 0.127. The quantitative estimate of drug-likeness (QED) is 0.905. The molecule has 1 aromatic carbocycles. The summed E-state index contributed by atoms with van der Waals surface area (Å²) in [7, 11) is 1.50. The maximum Gasteiger partial charge on any atom is 0.321 e. The Morgan fingerprint density at radius 1 is 1.32 bits per heavy atom. The predicted octanol–water partition coefficient (Wildman–Crippen LogP) is 3.58. The van der Waals surface area contributed by atoms with Gasteiger partial charge in [-0.1, -0.05) is 23.2 Å². The van der Waals surface area contributed by atoms with Crippen molar-refractivity contribution in [1.82, 2.24) is 4.90 Å². The minimum atomic E-state index is -0.127. The molecular formula is C12H14Cl2N2O2S. The molecule has 1 aliphatic heterocycles. The van der Waals surface area contributed by atoms with Gasteiger partial charge in [-0.15, -0.1) is 0 Å². The summed E-state index contributed by atoms with van der Waals surface area (Å²) in [4.78, 5) is 13.8. The van der Waals surface area contributed by atoms with E-state index < -0.39 is 0 Å². The number of carbonyl (C=O) groups excluding carboxylic acids is 1. The Balaban J connectivity index is 2.08. The van der Waals surface area contributed by atoms with E-state index in [1.807, 2.05) is 11.8 Å². The Labute approximate surface area is 126 Å². The van der Waals surface area contributed by atoms with Gasteiger partial charge in [-0.2, -0.15) is 11.8 Å². The topological polar surface area (TPSA) is 41.6 Å². The molecular weight excluding hydrogens is 307 g/mol. The third kappa shape index (κ3) is 3.61. The van der Waals surface area contributed by atoms with Crippen molar-refractivity contribution >= 4 is 46.7 Å². The first-order chi connectivity index (χ1) is 9.11. The summed E-state index contributed by atoms with van der Waals surface area (Å²) in [5.74, 6) is 2.35. The van der Waals surface area contributed by atoms with Gasteiger partial charge in [0.15, 0.2) is 5.75 Å². The van der Waals surface area contributed by atoms with Crippen molar-refractivity contribution in [3.63, 3.8) is 0 Å². The van der Waals surface area contributed by atoms with Gasteiger partial charge in [0.1, 0.15) is 0 Å². The van der Waals surface area contributed by atoms with E-state index in [-0.39, 0.29) is 6.03 Å². The maximum atomic E-state index is 12.0. The van der Waals surface area contributed by atoms with Crippen molar-refractivity contribution < 1.29 is 9.53 Å². The zero-order valence-electron chi connectivity index (χ0n) is 10.4. The standard InChI is InChI=1S/C12H14Cl2N2O2S/c1-18-11-9(13)6-8(7-10(11)14)15-12(17)16-2-4-19-5-3-16/h6-7H,2-5H2,1H3,(H,15,17). The molecule has 2 rings (SSSR count). The van der Waals surface area contributed by atoms with Crippen LogP contribution in [0.1, 0.15) is 0 Å². The zero-order chi connectivity index (χ0) is 13.8. The van der Waals surface area contributed by atoms with Crippen LogP contribution in [0.3, 0.4) is 0 Å². The first-order valence-electron chi connectivity index (χ1n) is 5.78. The number of rotatable bonds is 2. The SMILES string of the molecule is COc1c(Cl)cc(NC(=O)N2CCSCC2)cc1Cl. The molecule has 1 fully saturated rings. The maximum absolute atomic E-state index is 12.0. The first kappa shape index (κ1) is 14.6. The lowest BCUT2D eigenvalue weighted by Gasteiger charge is -2.26. The number of urea groups is 1. The summed E-state index contributed by atoms with van der Waals surface area (Å²) in [5, 5.41) is 3.55. The largest absolute Gasteiger partial charge is 0.494 e. The van der Waals surface area contributed by atoms with Crippen molar-refractivity contribution in [2.45, 2.75) is 0 Å². The molecule has 2 amide bonds. The molecule has 0 aliphatic carbocycles. The number of hydrogen-bond donors (Lipinski definition) is 1. The van der Waals surface area contributed by atoms with Gasteiger partial charge in [-0.05, 0) is 12.1 Å². The van der Waals surface area contributed by atoms with Crippen LogP contribution in [0, 0.1) is 0 Å². The number of amides is 2. The van der Waals surface area contributed by atoms with Crippen LogP contribution in [0.5, 0.6) is 5.75 Å². The second kappa shape index (κ2) is 6.59. The molecule has 0 atom stereocenters. The third-order valence-corrected chi connectivity index (χ3v) is 4.26. The molecule has 0 saturated carbocycles. The normalized spacial score (nSPS) is 15.2. The number of methoxy groups -OCH3 is 1. The van der Waals surface area contributed by atoms with Crippen LogP contribution in [0.2, 0.25) is 10.0 Å². The lowest BCUT2D eigenvalue weighted by molar-refractivity contribution is 0.217. The van der Waals surface area contributed by atoms with E-state index in [1.54, 1.807) is 17.0 Å².